The van der Waals surface area contributed by atoms with E-state index in [9.17, 15) is 13.2 Å². The first-order valence-corrected chi connectivity index (χ1v) is 3.86. The topological polar surface area (TPSA) is 3.01 Å². The number of alkyl halides is 3. The van der Waals surface area contributed by atoms with Crippen LogP contribution in [0.1, 0.15) is 11.1 Å². The number of rotatable bonds is 1. The average molecular weight is 199 g/mol. The molecule has 1 rings (SSSR count). The minimum absolute atomic E-state index is 0.565. The van der Waals surface area contributed by atoms with Crippen LogP contribution in [0.2, 0.25) is 0 Å². The molecule has 0 aliphatic rings. The molecule has 0 unspecified atom stereocenters. The van der Waals surface area contributed by atoms with E-state index in [-0.39, 0.29) is 0 Å². The molecule has 14 heavy (non-hydrogen) atoms. The van der Waals surface area contributed by atoms with Crippen molar-refractivity contribution in [3.63, 3.8) is 0 Å². The fourth-order valence-electron chi connectivity index (χ4n) is 0.982. The summed E-state index contributed by atoms with van der Waals surface area (Å²) in [4.78, 5) is 0. The SMILES string of the molecule is [C-][N+](C)=Cc1ccc(C(F)(F)F)cc1. The Morgan fingerprint density at radius 2 is 1.71 bits per heavy atom. The van der Waals surface area contributed by atoms with Gasteiger partial charge in [0, 0.05) is 13.3 Å². The lowest BCUT2D eigenvalue weighted by atomic mass is 10.1. The molecule has 1 nitrogen and oxygen atoms in total. The smallest absolute Gasteiger partial charge is 0.381 e. The maximum absolute atomic E-state index is 12.1. The number of hydrogen-bond acceptors (Lipinski definition) is 0. The summed E-state index contributed by atoms with van der Waals surface area (Å²) < 4.78 is 37.4. The Labute approximate surface area is 80.5 Å². The fraction of sp³-hybridized carbons (Fsp3) is 0.200. The number of halogens is 3. The van der Waals surface area contributed by atoms with Crippen LogP contribution in [-0.4, -0.2) is 17.8 Å². The molecule has 0 aliphatic carbocycles. The van der Waals surface area contributed by atoms with Crippen molar-refractivity contribution in [3.05, 3.63) is 42.4 Å². The van der Waals surface area contributed by atoms with Crippen molar-refractivity contribution < 1.29 is 17.7 Å². The first kappa shape index (κ1) is 10.6. The lowest BCUT2D eigenvalue weighted by molar-refractivity contribution is -0.424. The molecule has 74 valence electrons. The average Bonchev–Trinajstić information content (AvgIpc) is 2.02. The second-order valence-electron chi connectivity index (χ2n) is 2.86. The highest BCUT2D eigenvalue weighted by Gasteiger charge is 2.29. The molecule has 0 fully saturated rings. The van der Waals surface area contributed by atoms with Crippen molar-refractivity contribution in [3.8, 4) is 0 Å². The summed E-state index contributed by atoms with van der Waals surface area (Å²) in [7, 11) is 8.53. The van der Waals surface area contributed by atoms with Gasteiger partial charge in [-0.3, -0.25) is 0 Å². The summed E-state index contributed by atoms with van der Waals surface area (Å²) >= 11 is 0. The van der Waals surface area contributed by atoms with Crippen LogP contribution in [0.15, 0.2) is 24.3 Å². The summed E-state index contributed by atoms with van der Waals surface area (Å²) in [6.45, 7) is 0. The van der Waals surface area contributed by atoms with E-state index in [0.29, 0.717) is 5.56 Å². The number of nitrogens with zero attached hydrogens (tertiary/aromatic N) is 1. The maximum Gasteiger partial charge on any atom is 0.416 e. The van der Waals surface area contributed by atoms with Gasteiger partial charge in [-0.05, 0) is 5.56 Å². The molecule has 0 saturated heterocycles. The Hall–Kier alpha value is -1.45. The molecule has 0 saturated carbocycles. The van der Waals surface area contributed by atoms with E-state index in [1.807, 2.05) is 0 Å². The van der Waals surface area contributed by atoms with Crippen LogP contribution >= 0.6 is 0 Å². The van der Waals surface area contributed by atoms with E-state index >= 15 is 0 Å². The van der Waals surface area contributed by atoms with Gasteiger partial charge in [-0.1, -0.05) is 24.3 Å². The molecule has 0 N–H and O–H groups in total. The molecule has 0 amide bonds. The first-order chi connectivity index (χ1) is 6.39. The summed E-state index contributed by atoms with van der Waals surface area (Å²) in [5, 5.41) is 0. The first-order valence-electron chi connectivity index (χ1n) is 3.86. The van der Waals surface area contributed by atoms with E-state index in [2.05, 4.69) is 0 Å². The van der Waals surface area contributed by atoms with Crippen LogP contribution in [0.25, 0.3) is 0 Å². The van der Waals surface area contributed by atoms with E-state index in [1.165, 1.54) is 25.4 Å². The quantitative estimate of drug-likeness (QED) is 0.371. The zero-order valence-corrected chi connectivity index (χ0v) is 7.47. The van der Waals surface area contributed by atoms with Gasteiger partial charge in [0.05, 0.1) is 5.56 Å². The van der Waals surface area contributed by atoms with Crippen LogP contribution in [0.4, 0.5) is 13.2 Å². The largest absolute Gasteiger partial charge is 0.416 e. The Balaban J connectivity index is 2.95. The fourth-order valence-corrected chi connectivity index (χ4v) is 0.982. The lowest BCUT2D eigenvalue weighted by Crippen LogP contribution is -2.05. The van der Waals surface area contributed by atoms with Gasteiger partial charge in [-0.2, -0.15) is 13.2 Å². The maximum atomic E-state index is 12.1. The molecule has 1 aromatic rings. The second-order valence-corrected chi connectivity index (χ2v) is 2.86. The molecular weight excluding hydrogens is 191 g/mol. The van der Waals surface area contributed by atoms with Gasteiger partial charge in [-0.15, -0.1) is 0 Å². The van der Waals surface area contributed by atoms with Gasteiger partial charge in [0.15, 0.2) is 0 Å². The summed E-state index contributed by atoms with van der Waals surface area (Å²) in [5.74, 6) is 0. The Morgan fingerprint density at radius 3 is 2.07 bits per heavy atom. The highest BCUT2D eigenvalue weighted by molar-refractivity contribution is 5.75. The standard InChI is InChI=1S/C10H8F3N/c1-14(2)7-8-3-5-9(6-4-8)10(11,12)13/h3-7H,1H3. The molecular formula is C10H8F3N. The molecule has 4 heteroatoms. The van der Waals surface area contributed by atoms with Crippen molar-refractivity contribution in [1.82, 2.24) is 0 Å². The molecule has 0 atom stereocenters. The number of benzene rings is 1. The Bertz CT molecular complexity index is 331. The van der Waals surface area contributed by atoms with E-state index < -0.39 is 11.7 Å². The van der Waals surface area contributed by atoms with Crippen LogP contribution in [0.3, 0.4) is 0 Å². The van der Waals surface area contributed by atoms with Crippen LogP contribution < -0.4 is 0 Å². The molecule has 0 bridgehead atoms. The molecule has 0 spiro atoms. The van der Waals surface area contributed by atoms with Crippen molar-refractivity contribution in [2.75, 3.05) is 7.05 Å². The van der Waals surface area contributed by atoms with Gasteiger partial charge in [-0.25, -0.2) is 0 Å². The minimum atomic E-state index is -4.30. The second kappa shape index (κ2) is 3.74. The van der Waals surface area contributed by atoms with Gasteiger partial charge in [0.25, 0.3) is 0 Å². The predicted molar refractivity (Wildman–Crippen MR) is 46.0 cm³/mol. The number of hydrogen-bond donors (Lipinski definition) is 0. The van der Waals surface area contributed by atoms with Gasteiger partial charge in [0.2, 0.25) is 0 Å². The van der Waals surface area contributed by atoms with Crippen LogP contribution in [0.5, 0.6) is 0 Å². The molecule has 1 aromatic carbocycles. The van der Waals surface area contributed by atoms with E-state index in [4.69, 9.17) is 7.05 Å². The molecule has 0 aromatic heterocycles. The van der Waals surface area contributed by atoms with Crippen molar-refractivity contribution in [2.45, 2.75) is 6.18 Å². The molecule has 2 radical (unpaired) electrons. The third-order valence-corrected chi connectivity index (χ3v) is 1.58. The third-order valence-electron chi connectivity index (χ3n) is 1.58. The van der Waals surface area contributed by atoms with E-state index in [0.717, 1.165) is 16.7 Å². The lowest BCUT2D eigenvalue weighted by Gasteiger charge is -2.06. The Kier molecular flexibility index (Phi) is 2.84. The van der Waals surface area contributed by atoms with Gasteiger partial charge in [0.1, 0.15) is 7.05 Å². The van der Waals surface area contributed by atoms with Gasteiger partial charge < -0.3 is 4.58 Å². The normalized spacial score (nSPS) is 13.0. The van der Waals surface area contributed by atoms with E-state index in [1.54, 1.807) is 0 Å². The summed E-state index contributed by atoms with van der Waals surface area (Å²) in [5.41, 5.74) is -0.113. The highest BCUT2D eigenvalue weighted by atomic mass is 19.4. The van der Waals surface area contributed by atoms with Crippen molar-refractivity contribution in [1.29, 1.82) is 0 Å². The zero-order valence-electron chi connectivity index (χ0n) is 7.47. The van der Waals surface area contributed by atoms with Gasteiger partial charge >= 0.3 is 6.18 Å². The summed E-state index contributed by atoms with van der Waals surface area (Å²) in [6, 6.07) is 4.65. The minimum Gasteiger partial charge on any atom is -0.381 e. The Morgan fingerprint density at radius 1 is 1.21 bits per heavy atom. The van der Waals surface area contributed by atoms with Crippen LogP contribution in [-0.2, 0) is 6.18 Å². The van der Waals surface area contributed by atoms with Crippen LogP contribution in [0, 0.1) is 7.05 Å². The predicted octanol–water partition coefficient (Wildman–Crippen LogP) is 2.31. The monoisotopic (exact) mass is 199 g/mol. The zero-order chi connectivity index (χ0) is 10.8. The molecule has 0 aliphatic heterocycles. The highest BCUT2D eigenvalue weighted by Crippen LogP contribution is 2.28. The molecule has 0 heterocycles. The van der Waals surface area contributed by atoms with Crippen molar-refractivity contribution >= 4 is 6.21 Å². The summed E-state index contributed by atoms with van der Waals surface area (Å²) in [6.07, 6.45) is -2.88. The van der Waals surface area contributed by atoms with Crippen molar-refractivity contribution in [2.24, 2.45) is 0 Å². The third kappa shape index (κ3) is 2.80.